The number of amides is 1. The van der Waals surface area contributed by atoms with E-state index in [2.05, 4.69) is 5.10 Å². The van der Waals surface area contributed by atoms with E-state index in [9.17, 15) is 14.0 Å². The van der Waals surface area contributed by atoms with Gasteiger partial charge < -0.3 is 5.11 Å². The van der Waals surface area contributed by atoms with Crippen LogP contribution in [0.25, 0.3) is 0 Å². The van der Waals surface area contributed by atoms with Crippen molar-refractivity contribution in [3.8, 4) is 0 Å². The minimum absolute atomic E-state index is 0.0584. The van der Waals surface area contributed by atoms with Crippen LogP contribution in [-0.4, -0.2) is 27.7 Å². The Morgan fingerprint density at radius 3 is 2.46 bits per heavy atom. The van der Waals surface area contributed by atoms with Crippen LogP contribution in [0.1, 0.15) is 42.9 Å². The molecule has 1 aliphatic rings. The second kappa shape index (κ2) is 7.91. The van der Waals surface area contributed by atoms with E-state index in [0.29, 0.717) is 17.7 Å². The zero-order valence-corrected chi connectivity index (χ0v) is 14.1. The number of nitrogens with zero attached hydrogens (tertiary/aromatic N) is 2. The molecule has 2 aromatic rings. The van der Waals surface area contributed by atoms with E-state index in [0.717, 1.165) is 5.56 Å². The van der Waals surface area contributed by atoms with E-state index in [-0.39, 0.29) is 31.0 Å². The lowest BCUT2D eigenvalue weighted by Gasteiger charge is -2.22. The predicted molar refractivity (Wildman–Crippen MR) is 95.1 cm³/mol. The molecule has 134 valence electrons. The zero-order chi connectivity index (χ0) is 18.5. The van der Waals surface area contributed by atoms with Crippen LogP contribution in [0, 0.1) is 5.82 Å². The molecule has 5 nitrogen and oxygen atoms in total. The molecular weight excluding hydrogens is 335 g/mol. The molecule has 1 N–H and O–H groups in total. The molecule has 0 aromatic heterocycles. The number of benzene rings is 2. The first-order valence-electron chi connectivity index (χ1n) is 8.47. The second-order valence-corrected chi connectivity index (χ2v) is 6.14. The van der Waals surface area contributed by atoms with Gasteiger partial charge in [-0.25, -0.2) is 9.40 Å². The van der Waals surface area contributed by atoms with Crippen molar-refractivity contribution in [2.75, 3.05) is 0 Å². The summed E-state index contributed by atoms with van der Waals surface area (Å²) in [5.74, 6) is -1.63. The highest BCUT2D eigenvalue weighted by Gasteiger charge is 2.34. The highest BCUT2D eigenvalue weighted by molar-refractivity contribution is 6.03. The molecule has 1 amide bonds. The Hall–Kier alpha value is -3.02. The van der Waals surface area contributed by atoms with Crippen molar-refractivity contribution in [2.24, 2.45) is 5.10 Å². The Morgan fingerprint density at radius 2 is 1.77 bits per heavy atom. The quantitative estimate of drug-likeness (QED) is 0.859. The zero-order valence-electron chi connectivity index (χ0n) is 14.1. The van der Waals surface area contributed by atoms with Crippen molar-refractivity contribution in [3.63, 3.8) is 0 Å². The lowest BCUT2D eigenvalue weighted by Crippen LogP contribution is -2.27. The molecule has 26 heavy (non-hydrogen) atoms. The van der Waals surface area contributed by atoms with Gasteiger partial charge in [-0.3, -0.25) is 9.59 Å². The third-order valence-corrected chi connectivity index (χ3v) is 4.32. The van der Waals surface area contributed by atoms with E-state index in [4.69, 9.17) is 5.11 Å². The summed E-state index contributed by atoms with van der Waals surface area (Å²) in [5, 5.41) is 14.5. The molecule has 2 aromatic carbocycles. The molecule has 0 radical (unpaired) electrons. The average Bonchev–Trinajstić information content (AvgIpc) is 3.08. The number of rotatable bonds is 6. The maximum absolute atomic E-state index is 14.3. The average molecular weight is 354 g/mol. The Bertz CT molecular complexity index is 836. The fraction of sp³-hybridized carbons (Fsp3) is 0.250. The lowest BCUT2D eigenvalue weighted by atomic mass is 9.98. The standard InChI is InChI=1S/C20H19FN2O3/c21-16-10-5-4-9-15(16)18-13-17(14-7-2-1-3-8-14)22-23(18)19(24)11-6-12-20(25)26/h1-5,7-10,18H,6,11-13H2,(H,25,26)/t18-/m0/s1. The number of halogens is 1. The monoisotopic (exact) mass is 354 g/mol. The highest BCUT2D eigenvalue weighted by atomic mass is 19.1. The first-order valence-corrected chi connectivity index (χ1v) is 8.47. The summed E-state index contributed by atoms with van der Waals surface area (Å²) in [7, 11) is 0. The van der Waals surface area contributed by atoms with Gasteiger partial charge >= 0.3 is 5.97 Å². The molecule has 1 atom stereocenters. The number of hydrazone groups is 1. The Kier molecular flexibility index (Phi) is 5.41. The van der Waals surface area contributed by atoms with E-state index < -0.39 is 12.0 Å². The molecule has 1 heterocycles. The van der Waals surface area contributed by atoms with Gasteiger partial charge in [0, 0.05) is 24.8 Å². The van der Waals surface area contributed by atoms with Crippen LogP contribution in [0.2, 0.25) is 0 Å². The van der Waals surface area contributed by atoms with Crippen LogP contribution in [0.15, 0.2) is 59.7 Å². The van der Waals surface area contributed by atoms with Crippen molar-refractivity contribution in [1.82, 2.24) is 5.01 Å². The summed E-state index contributed by atoms with van der Waals surface area (Å²) in [5.41, 5.74) is 2.01. The van der Waals surface area contributed by atoms with Crippen LogP contribution < -0.4 is 0 Å². The van der Waals surface area contributed by atoms with Gasteiger partial charge in [0.15, 0.2) is 0 Å². The minimum atomic E-state index is -0.946. The van der Waals surface area contributed by atoms with Gasteiger partial charge in [0.2, 0.25) is 5.91 Å². The Morgan fingerprint density at radius 1 is 1.08 bits per heavy atom. The first-order chi connectivity index (χ1) is 12.6. The van der Waals surface area contributed by atoms with Gasteiger partial charge in [0.05, 0.1) is 11.8 Å². The van der Waals surface area contributed by atoms with Crippen LogP contribution in [0.5, 0.6) is 0 Å². The van der Waals surface area contributed by atoms with Crippen LogP contribution in [0.3, 0.4) is 0 Å². The van der Waals surface area contributed by atoms with Crippen molar-refractivity contribution < 1.29 is 19.1 Å². The number of aliphatic carboxylic acids is 1. The maximum Gasteiger partial charge on any atom is 0.303 e. The van der Waals surface area contributed by atoms with Crippen LogP contribution in [-0.2, 0) is 9.59 Å². The minimum Gasteiger partial charge on any atom is -0.481 e. The third kappa shape index (κ3) is 3.96. The molecule has 0 saturated heterocycles. The van der Waals surface area contributed by atoms with Gasteiger partial charge in [-0.15, -0.1) is 0 Å². The van der Waals surface area contributed by atoms with Crippen LogP contribution >= 0.6 is 0 Å². The number of hydrogen-bond donors (Lipinski definition) is 1. The summed E-state index contributed by atoms with van der Waals surface area (Å²) in [6.07, 6.45) is 0.614. The maximum atomic E-state index is 14.3. The molecular formula is C20H19FN2O3. The van der Waals surface area contributed by atoms with Crippen molar-refractivity contribution in [1.29, 1.82) is 0 Å². The van der Waals surface area contributed by atoms with E-state index >= 15 is 0 Å². The molecule has 0 aliphatic carbocycles. The number of carboxylic acids is 1. The molecule has 6 heteroatoms. The fourth-order valence-corrected chi connectivity index (χ4v) is 3.04. The van der Waals surface area contributed by atoms with Gasteiger partial charge in [-0.05, 0) is 18.1 Å². The number of carbonyl (C=O) groups is 2. The molecule has 0 fully saturated rings. The van der Waals surface area contributed by atoms with Crippen LogP contribution in [0.4, 0.5) is 4.39 Å². The van der Waals surface area contributed by atoms with E-state index in [1.807, 2.05) is 30.3 Å². The second-order valence-electron chi connectivity index (χ2n) is 6.14. The lowest BCUT2D eigenvalue weighted by molar-refractivity contribution is -0.137. The third-order valence-electron chi connectivity index (χ3n) is 4.32. The smallest absolute Gasteiger partial charge is 0.303 e. The summed E-state index contributed by atoms with van der Waals surface area (Å²) >= 11 is 0. The van der Waals surface area contributed by atoms with Gasteiger partial charge in [-0.2, -0.15) is 5.10 Å². The fourth-order valence-electron chi connectivity index (χ4n) is 3.04. The molecule has 0 saturated carbocycles. The van der Waals surface area contributed by atoms with Gasteiger partial charge in [-0.1, -0.05) is 48.5 Å². The van der Waals surface area contributed by atoms with Crippen molar-refractivity contribution >= 4 is 17.6 Å². The van der Waals surface area contributed by atoms with Crippen molar-refractivity contribution in [2.45, 2.75) is 31.7 Å². The highest BCUT2D eigenvalue weighted by Crippen LogP contribution is 2.34. The number of carboxylic acid groups (broad SMARTS) is 1. The van der Waals surface area contributed by atoms with Gasteiger partial charge in [0.1, 0.15) is 5.82 Å². The largest absolute Gasteiger partial charge is 0.481 e. The van der Waals surface area contributed by atoms with E-state index in [1.165, 1.54) is 11.1 Å². The van der Waals surface area contributed by atoms with E-state index in [1.54, 1.807) is 18.2 Å². The Balaban J connectivity index is 1.87. The summed E-state index contributed by atoms with van der Waals surface area (Å²) in [6.45, 7) is 0. The molecule has 0 unspecified atom stereocenters. The van der Waals surface area contributed by atoms with Crippen molar-refractivity contribution in [3.05, 3.63) is 71.5 Å². The molecule has 0 spiro atoms. The molecule has 0 bridgehead atoms. The number of hydrogen-bond acceptors (Lipinski definition) is 3. The first kappa shape index (κ1) is 17.8. The Labute approximate surface area is 150 Å². The number of carbonyl (C=O) groups excluding carboxylic acids is 1. The summed E-state index contributed by atoms with van der Waals surface area (Å²) < 4.78 is 14.3. The normalized spacial score (nSPS) is 16.4. The molecule has 1 aliphatic heterocycles. The SMILES string of the molecule is O=C(O)CCCC(=O)N1N=C(c2ccccc2)C[C@H]1c1ccccc1F. The summed E-state index contributed by atoms with van der Waals surface area (Å²) in [4.78, 5) is 23.3. The topological polar surface area (TPSA) is 70.0 Å². The summed E-state index contributed by atoms with van der Waals surface area (Å²) in [6, 6.07) is 15.3. The van der Waals surface area contributed by atoms with Gasteiger partial charge in [0.25, 0.3) is 0 Å². The predicted octanol–water partition coefficient (Wildman–Crippen LogP) is 3.76. The molecule has 3 rings (SSSR count).